The van der Waals surface area contributed by atoms with Gasteiger partial charge in [0.2, 0.25) is 5.91 Å². The van der Waals surface area contributed by atoms with Gasteiger partial charge in [-0.15, -0.1) is 0 Å². The van der Waals surface area contributed by atoms with E-state index in [-0.39, 0.29) is 23.8 Å². The van der Waals surface area contributed by atoms with Gasteiger partial charge in [-0.2, -0.15) is 0 Å². The van der Waals surface area contributed by atoms with Crippen molar-refractivity contribution in [2.45, 2.75) is 0 Å². The van der Waals surface area contributed by atoms with Gasteiger partial charge in [0.1, 0.15) is 5.69 Å². The Balaban J connectivity index is 2.39. The summed E-state index contributed by atoms with van der Waals surface area (Å²) < 4.78 is 31.7. The number of nitrogens with one attached hydrogen (secondary N) is 1. The van der Waals surface area contributed by atoms with Crippen molar-refractivity contribution in [1.29, 1.82) is 0 Å². The van der Waals surface area contributed by atoms with Crippen molar-refractivity contribution in [3.05, 3.63) is 23.8 Å². The summed E-state index contributed by atoms with van der Waals surface area (Å²) in [5, 5.41) is 2.51. The number of rotatable bonds is 3. The average molecular weight is 242 g/mol. The Hall–Kier alpha value is -1.69. The molecule has 0 aliphatic carbocycles. The highest BCUT2D eigenvalue weighted by Gasteiger charge is 2.26. The highest BCUT2D eigenvalue weighted by atomic mass is 19.2. The van der Waals surface area contributed by atoms with E-state index in [1.807, 2.05) is 0 Å². The van der Waals surface area contributed by atoms with Gasteiger partial charge >= 0.3 is 0 Å². The molecule has 4 nitrogen and oxygen atoms in total. The number of carbonyl (C=O) groups is 1. The maximum Gasteiger partial charge on any atom is 0.243 e. The van der Waals surface area contributed by atoms with Crippen LogP contribution in [0, 0.1) is 11.6 Å². The molecule has 2 rings (SSSR count). The standard InChI is InChI=1S/C11H12F2N2O2/c1-17-5-4-15-6-9(16)14-8-3-2-7(12)10(13)11(8)15/h2-3H,4-6H2,1H3,(H,14,16). The van der Waals surface area contributed by atoms with E-state index in [0.29, 0.717) is 13.2 Å². The van der Waals surface area contributed by atoms with Crippen molar-refractivity contribution in [2.24, 2.45) is 0 Å². The molecule has 0 radical (unpaired) electrons. The third kappa shape index (κ3) is 2.21. The Morgan fingerprint density at radius 2 is 2.24 bits per heavy atom. The van der Waals surface area contributed by atoms with Crippen LogP contribution in [0.4, 0.5) is 20.2 Å². The number of benzene rings is 1. The molecule has 1 amide bonds. The van der Waals surface area contributed by atoms with Crippen molar-refractivity contribution < 1.29 is 18.3 Å². The molecule has 0 unspecified atom stereocenters. The fraction of sp³-hybridized carbons (Fsp3) is 0.364. The van der Waals surface area contributed by atoms with E-state index < -0.39 is 11.6 Å². The number of ether oxygens (including phenoxy) is 1. The molecule has 1 heterocycles. The first-order valence-electron chi connectivity index (χ1n) is 5.15. The minimum Gasteiger partial charge on any atom is -0.383 e. The summed E-state index contributed by atoms with van der Waals surface area (Å²) >= 11 is 0. The molecule has 6 heteroatoms. The summed E-state index contributed by atoms with van der Waals surface area (Å²) in [6.45, 7) is 0.663. The summed E-state index contributed by atoms with van der Waals surface area (Å²) in [6, 6.07) is 2.35. The van der Waals surface area contributed by atoms with Gasteiger partial charge in [-0.05, 0) is 12.1 Å². The summed E-state index contributed by atoms with van der Waals surface area (Å²) in [6.07, 6.45) is 0. The summed E-state index contributed by atoms with van der Waals surface area (Å²) in [5.41, 5.74) is 0.373. The SMILES string of the molecule is COCCN1CC(=O)Nc2ccc(F)c(F)c21. The zero-order chi connectivity index (χ0) is 12.4. The molecule has 1 aliphatic rings. The number of methoxy groups -OCH3 is 1. The van der Waals surface area contributed by atoms with Crippen LogP contribution in [0.1, 0.15) is 0 Å². The lowest BCUT2D eigenvalue weighted by Gasteiger charge is -2.30. The maximum atomic E-state index is 13.7. The Morgan fingerprint density at radius 1 is 1.47 bits per heavy atom. The Labute approximate surface area is 97.2 Å². The van der Waals surface area contributed by atoms with Gasteiger partial charge in [0.25, 0.3) is 0 Å². The van der Waals surface area contributed by atoms with Crippen LogP contribution in [-0.2, 0) is 9.53 Å². The third-order valence-electron chi connectivity index (χ3n) is 2.56. The quantitative estimate of drug-likeness (QED) is 0.870. The number of hydrogen-bond acceptors (Lipinski definition) is 3. The minimum atomic E-state index is -0.946. The van der Waals surface area contributed by atoms with Crippen molar-refractivity contribution in [3.8, 4) is 0 Å². The van der Waals surface area contributed by atoms with Crippen LogP contribution in [-0.4, -0.2) is 32.7 Å². The second-order valence-electron chi connectivity index (χ2n) is 3.72. The van der Waals surface area contributed by atoms with E-state index in [4.69, 9.17) is 4.74 Å². The van der Waals surface area contributed by atoms with Crippen LogP contribution in [0.25, 0.3) is 0 Å². The summed E-state index contributed by atoms with van der Waals surface area (Å²) in [5.74, 6) is -2.12. The van der Waals surface area contributed by atoms with Gasteiger partial charge in [0.05, 0.1) is 18.8 Å². The van der Waals surface area contributed by atoms with Gasteiger partial charge in [0.15, 0.2) is 11.6 Å². The smallest absolute Gasteiger partial charge is 0.243 e. The first kappa shape index (κ1) is 11.8. The van der Waals surface area contributed by atoms with Crippen LogP contribution >= 0.6 is 0 Å². The molecule has 1 N–H and O–H groups in total. The average Bonchev–Trinajstić information content (AvgIpc) is 2.30. The van der Waals surface area contributed by atoms with Crippen LogP contribution in [0.3, 0.4) is 0 Å². The topological polar surface area (TPSA) is 41.6 Å². The number of halogens is 2. The lowest BCUT2D eigenvalue weighted by molar-refractivity contribution is -0.115. The van der Waals surface area contributed by atoms with E-state index in [1.165, 1.54) is 18.1 Å². The third-order valence-corrected chi connectivity index (χ3v) is 2.56. The highest BCUT2D eigenvalue weighted by Crippen LogP contribution is 2.33. The van der Waals surface area contributed by atoms with Gasteiger partial charge in [-0.25, -0.2) is 8.78 Å². The molecule has 1 aliphatic heterocycles. The summed E-state index contributed by atoms with van der Waals surface area (Å²) in [7, 11) is 1.51. The molecule has 17 heavy (non-hydrogen) atoms. The molecule has 0 aromatic heterocycles. The van der Waals surface area contributed by atoms with Crippen molar-refractivity contribution in [3.63, 3.8) is 0 Å². The monoisotopic (exact) mass is 242 g/mol. The van der Waals surface area contributed by atoms with E-state index in [9.17, 15) is 13.6 Å². The molecule has 0 saturated carbocycles. The lowest BCUT2D eigenvalue weighted by Crippen LogP contribution is -2.40. The first-order chi connectivity index (χ1) is 8.13. The molecule has 0 fully saturated rings. The van der Waals surface area contributed by atoms with Gasteiger partial charge in [-0.1, -0.05) is 0 Å². The van der Waals surface area contributed by atoms with Crippen molar-refractivity contribution in [1.82, 2.24) is 0 Å². The predicted molar refractivity (Wildman–Crippen MR) is 59.1 cm³/mol. The zero-order valence-electron chi connectivity index (χ0n) is 9.30. The van der Waals surface area contributed by atoms with E-state index in [0.717, 1.165) is 6.07 Å². The number of hydrogen-bond donors (Lipinski definition) is 1. The predicted octanol–water partition coefficient (Wildman–Crippen LogP) is 1.37. The Bertz CT molecular complexity index is 451. The molecule has 1 aromatic rings. The van der Waals surface area contributed by atoms with Crippen LogP contribution in [0.5, 0.6) is 0 Å². The Morgan fingerprint density at radius 3 is 2.94 bits per heavy atom. The molecule has 0 saturated heterocycles. The maximum absolute atomic E-state index is 13.7. The molecule has 0 bridgehead atoms. The fourth-order valence-corrected chi connectivity index (χ4v) is 1.78. The molecular weight excluding hydrogens is 230 g/mol. The fourth-order valence-electron chi connectivity index (χ4n) is 1.78. The molecule has 92 valence electrons. The second-order valence-corrected chi connectivity index (χ2v) is 3.72. The number of amides is 1. The largest absolute Gasteiger partial charge is 0.383 e. The van der Waals surface area contributed by atoms with Gasteiger partial charge in [-0.3, -0.25) is 4.79 Å². The van der Waals surface area contributed by atoms with Crippen LogP contribution in [0.2, 0.25) is 0 Å². The van der Waals surface area contributed by atoms with E-state index in [1.54, 1.807) is 0 Å². The number of carbonyl (C=O) groups excluding carboxylic acids is 1. The number of anilines is 2. The molecule has 0 spiro atoms. The minimum absolute atomic E-state index is 0.00324. The number of nitrogens with zero attached hydrogens (tertiary/aromatic N) is 1. The van der Waals surface area contributed by atoms with Crippen LogP contribution < -0.4 is 10.2 Å². The van der Waals surface area contributed by atoms with E-state index >= 15 is 0 Å². The lowest BCUT2D eigenvalue weighted by atomic mass is 10.1. The molecule has 1 aromatic carbocycles. The molecular formula is C11H12F2N2O2. The van der Waals surface area contributed by atoms with Crippen molar-refractivity contribution >= 4 is 17.3 Å². The molecule has 0 atom stereocenters. The second kappa shape index (κ2) is 4.67. The van der Waals surface area contributed by atoms with Crippen molar-refractivity contribution in [2.75, 3.05) is 37.0 Å². The summed E-state index contributed by atoms with van der Waals surface area (Å²) in [4.78, 5) is 12.9. The normalized spacial score (nSPS) is 14.5. The zero-order valence-corrected chi connectivity index (χ0v) is 9.30. The highest BCUT2D eigenvalue weighted by molar-refractivity contribution is 6.01. The number of fused-ring (bicyclic) bond motifs is 1. The Kier molecular flexibility index (Phi) is 3.23. The van der Waals surface area contributed by atoms with Crippen LogP contribution in [0.15, 0.2) is 12.1 Å². The van der Waals surface area contributed by atoms with E-state index in [2.05, 4.69) is 5.32 Å². The first-order valence-corrected chi connectivity index (χ1v) is 5.15. The van der Waals surface area contributed by atoms with Gasteiger partial charge in [0, 0.05) is 13.7 Å². The van der Waals surface area contributed by atoms with Gasteiger partial charge < -0.3 is 15.0 Å².